The second-order valence-corrected chi connectivity index (χ2v) is 5.94. The molecule has 3 rings (SSSR count). The average Bonchev–Trinajstić information content (AvgIpc) is 3.00. The molecule has 0 aromatic heterocycles. The number of carbonyl (C=O) groups is 3. The van der Waals surface area contributed by atoms with Crippen molar-refractivity contribution in [2.24, 2.45) is 0 Å². The largest absolute Gasteiger partial charge is 0.416 e. The van der Waals surface area contributed by atoms with Crippen LogP contribution in [0, 0.1) is 0 Å². The number of hydrogen-bond donors (Lipinski definition) is 0. The van der Waals surface area contributed by atoms with Gasteiger partial charge in [-0.3, -0.25) is 14.5 Å². The standard InChI is InChI=1S/C16H15F3N2O3/c17-16(18,19)10-4-3-7-12(8-10)21-14(23)9-13(22)20(15(21)24)11-5-1-2-6-11/h3-4,7-8,11H,1-2,5-6,9H2. The van der Waals surface area contributed by atoms with Crippen molar-refractivity contribution in [1.82, 2.24) is 4.90 Å². The van der Waals surface area contributed by atoms with E-state index in [1.54, 1.807) is 0 Å². The van der Waals surface area contributed by atoms with E-state index in [9.17, 15) is 27.6 Å². The SMILES string of the molecule is O=C1CC(=O)N(C2CCCC2)C(=O)N1c1cccc(C(F)(F)F)c1. The highest BCUT2D eigenvalue weighted by Crippen LogP contribution is 2.34. The van der Waals surface area contributed by atoms with E-state index in [2.05, 4.69) is 0 Å². The molecule has 1 aliphatic heterocycles. The third-order valence-corrected chi connectivity index (χ3v) is 4.34. The van der Waals surface area contributed by atoms with Gasteiger partial charge in [0.05, 0.1) is 11.3 Å². The summed E-state index contributed by atoms with van der Waals surface area (Å²) in [6, 6.07) is 2.86. The highest BCUT2D eigenvalue weighted by Gasteiger charge is 2.43. The maximum atomic E-state index is 12.9. The number of halogens is 3. The number of nitrogens with zero attached hydrogens (tertiary/aromatic N) is 2. The van der Waals surface area contributed by atoms with Crippen molar-refractivity contribution in [3.63, 3.8) is 0 Å². The van der Waals surface area contributed by atoms with Crippen LogP contribution in [0.15, 0.2) is 24.3 Å². The Hall–Kier alpha value is -2.38. The molecule has 4 amide bonds. The molecule has 2 aliphatic rings. The fraction of sp³-hybridized carbons (Fsp3) is 0.438. The predicted octanol–water partition coefficient (Wildman–Crippen LogP) is 3.33. The molecular formula is C16H15F3N2O3. The molecule has 128 valence electrons. The number of benzene rings is 1. The zero-order valence-corrected chi connectivity index (χ0v) is 12.7. The van der Waals surface area contributed by atoms with Gasteiger partial charge in [0, 0.05) is 6.04 Å². The van der Waals surface area contributed by atoms with Crippen molar-refractivity contribution >= 4 is 23.5 Å². The van der Waals surface area contributed by atoms with E-state index in [1.165, 1.54) is 6.07 Å². The number of carbonyl (C=O) groups excluding carboxylic acids is 3. The molecule has 1 aromatic carbocycles. The minimum atomic E-state index is -4.58. The second kappa shape index (κ2) is 5.92. The van der Waals surface area contributed by atoms with Crippen LogP contribution in [-0.4, -0.2) is 28.8 Å². The molecule has 1 aliphatic carbocycles. The monoisotopic (exact) mass is 340 g/mol. The molecule has 2 fully saturated rings. The smallest absolute Gasteiger partial charge is 0.274 e. The number of urea groups is 1. The van der Waals surface area contributed by atoms with Crippen molar-refractivity contribution in [3.8, 4) is 0 Å². The quantitative estimate of drug-likeness (QED) is 0.776. The molecular weight excluding hydrogens is 325 g/mol. The summed E-state index contributed by atoms with van der Waals surface area (Å²) in [4.78, 5) is 38.5. The fourth-order valence-corrected chi connectivity index (χ4v) is 3.21. The minimum Gasteiger partial charge on any atom is -0.274 e. The number of amides is 4. The van der Waals surface area contributed by atoms with Gasteiger partial charge in [-0.05, 0) is 31.0 Å². The number of barbiturate groups is 1. The lowest BCUT2D eigenvalue weighted by Gasteiger charge is -2.36. The van der Waals surface area contributed by atoms with E-state index in [0.29, 0.717) is 17.7 Å². The van der Waals surface area contributed by atoms with E-state index in [-0.39, 0.29) is 11.7 Å². The van der Waals surface area contributed by atoms with Crippen molar-refractivity contribution in [3.05, 3.63) is 29.8 Å². The molecule has 8 heteroatoms. The number of rotatable bonds is 2. The fourth-order valence-electron chi connectivity index (χ4n) is 3.21. The summed E-state index contributed by atoms with van der Waals surface area (Å²) >= 11 is 0. The molecule has 0 N–H and O–H groups in total. The normalized spacial score (nSPS) is 20.2. The van der Waals surface area contributed by atoms with Crippen LogP contribution < -0.4 is 4.90 Å². The van der Waals surface area contributed by atoms with Crippen molar-refractivity contribution in [2.75, 3.05) is 4.90 Å². The Labute approximate surface area is 136 Å². The third-order valence-electron chi connectivity index (χ3n) is 4.34. The highest BCUT2D eigenvalue weighted by atomic mass is 19.4. The lowest BCUT2D eigenvalue weighted by Crippen LogP contribution is -2.58. The Kier molecular flexibility index (Phi) is 4.06. The summed E-state index contributed by atoms with van der Waals surface area (Å²) in [6.07, 6.45) is -2.04. The molecule has 1 aromatic rings. The molecule has 0 radical (unpaired) electrons. The first-order valence-corrected chi connectivity index (χ1v) is 7.65. The van der Waals surface area contributed by atoms with Crippen LogP contribution in [0.1, 0.15) is 37.7 Å². The Balaban J connectivity index is 1.95. The summed E-state index contributed by atoms with van der Waals surface area (Å²) in [5, 5.41) is 0. The molecule has 5 nitrogen and oxygen atoms in total. The summed E-state index contributed by atoms with van der Waals surface area (Å²) in [5.41, 5.74) is -1.12. The van der Waals surface area contributed by atoms with Gasteiger partial charge in [0.15, 0.2) is 0 Å². The first kappa shape index (κ1) is 16.5. The van der Waals surface area contributed by atoms with E-state index in [1.807, 2.05) is 0 Å². The van der Waals surface area contributed by atoms with E-state index in [4.69, 9.17) is 0 Å². The summed E-state index contributed by atoms with van der Waals surface area (Å²) < 4.78 is 38.6. The summed E-state index contributed by atoms with van der Waals surface area (Å²) in [5.74, 6) is -1.39. The van der Waals surface area contributed by atoms with Crippen molar-refractivity contribution in [1.29, 1.82) is 0 Å². The molecule has 0 bridgehead atoms. The van der Waals surface area contributed by atoms with Crippen LogP contribution in [0.3, 0.4) is 0 Å². The molecule has 1 saturated carbocycles. The van der Waals surface area contributed by atoms with Gasteiger partial charge in [0.1, 0.15) is 6.42 Å². The third kappa shape index (κ3) is 2.88. The molecule has 0 spiro atoms. The van der Waals surface area contributed by atoms with Crippen LogP contribution in [-0.2, 0) is 15.8 Å². The van der Waals surface area contributed by atoms with Gasteiger partial charge in [-0.1, -0.05) is 18.9 Å². The number of hydrogen-bond acceptors (Lipinski definition) is 3. The Morgan fingerprint density at radius 3 is 2.29 bits per heavy atom. The zero-order valence-electron chi connectivity index (χ0n) is 12.7. The second-order valence-electron chi connectivity index (χ2n) is 5.94. The summed E-state index contributed by atoms with van der Waals surface area (Å²) in [7, 11) is 0. The van der Waals surface area contributed by atoms with Gasteiger partial charge in [0.2, 0.25) is 11.8 Å². The van der Waals surface area contributed by atoms with Crippen LogP contribution >= 0.6 is 0 Å². The Morgan fingerprint density at radius 2 is 1.67 bits per heavy atom. The first-order chi connectivity index (χ1) is 11.3. The van der Waals surface area contributed by atoms with Gasteiger partial charge in [-0.25, -0.2) is 9.69 Å². The first-order valence-electron chi connectivity index (χ1n) is 7.65. The lowest BCUT2D eigenvalue weighted by molar-refractivity contribution is -0.138. The van der Waals surface area contributed by atoms with Crippen LogP contribution in [0.25, 0.3) is 0 Å². The molecule has 1 saturated heterocycles. The zero-order chi connectivity index (χ0) is 17.5. The topological polar surface area (TPSA) is 57.7 Å². The van der Waals surface area contributed by atoms with E-state index < -0.39 is 36.0 Å². The van der Waals surface area contributed by atoms with Gasteiger partial charge in [0.25, 0.3) is 0 Å². The van der Waals surface area contributed by atoms with E-state index in [0.717, 1.165) is 35.9 Å². The molecule has 24 heavy (non-hydrogen) atoms. The van der Waals surface area contributed by atoms with Crippen LogP contribution in [0.5, 0.6) is 0 Å². The number of anilines is 1. The van der Waals surface area contributed by atoms with Crippen LogP contribution in [0.4, 0.5) is 23.7 Å². The van der Waals surface area contributed by atoms with Gasteiger partial charge in [-0.15, -0.1) is 0 Å². The Bertz CT molecular complexity index is 696. The number of imide groups is 2. The molecule has 0 atom stereocenters. The van der Waals surface area contributed by atoms with Gasteiger partial charge in [-0.2, -0.15) is 13.2 Å². The van der Waals surface area contributed by atoms with E-state index >= 15 is 0 Å². The molecule has 0 unspecified atom stereocenters. The minimum absolute atomic E-state index is 0.171. The van der Waals surface area contributed by atoms with Gasteiger partial charge < -0.3 is 0 Å². The van der Waals surface area contributed by atoms with Crippen LogP contribution in [0.2, 0.25) is 0 Å². The highest BCUT2D eigenvalue weighted by molar-refractivity contribution is 6.26. The number of alkyl halides is 3. The summed E-state index contributed by atoms with van der Waals surface area (Å²) in [6.45, 7) is 0. The van der Waals surface area contributed by atoms with Gasteiger partial charge >= 0.3 is 12.2 Å². The maximum absolute atomic E-state index is 12.9. The predicted molar refractivity (Wildman–Crippen MR) is 78.0 cm³/mol. The average molecular weight is 340 g/mol. The maximum Gasteiger partial charge on any atom is 0.416 e. The molecule has 1 heterocycles. The lowest BCUT2D eigenvalue weighted by atomic mass is 10.1. The van der Waals surface area contributed by atoms with Crippen molar-refractivity contribution in [2.45, 2.75) is 44.3 Å². The Morgan fingerprint density at radius 1 is 1.00 bits per heavy atom. The van der Waals surface area contributed by atoms with Crippen molar-refractivity contribution < 1.29 is 27.6 Å².